The maximum absolute atomic E-state index is 12.9. The number of allylic oxidation sites excluding steroid dienone is 2. The summed E-state index contributed by atoms with van der Waals surface area (Å²) in [5.41, 5.74) is 2.59. The highest BCUT2D eigenvalue weighted by Gasteiger charge is 2.35. The van der Waals surface area contributed by atoms with Gasteiger partial charge in [0.2, 0.25) is 0 Å². The largest absolute Gasteiger partial charge is 0.506 e. The number of benzene rings is 1. The lowest BCUT2D eigenvalue weighted by atomic mass is 9.92. The van der Waals surface area contributed by atoms with Crippen LogP contribution in [0.2, 0.25) is 5.02 Å². The van der Waals surface area contributed by atoms with Crippen molar-refractivity contribution in [2.24, 2.45) is 0 Å². The molecule has 25 heavy (non-hydrogen) atoms. The summed E-state index contributed by atoms with van der Waals surface area (Å²) in [5, 5.41) is 17.7. The van der Waals surface area contributed by atoms with E-state index in [9.17, 15) is 9.90 Å². The van der Waals surface area contributed by atoms with Crippen molar-refractivity contribution in [1.29, 1.82) is 0 Å². The average molecular weight is 377 g/mol. The number of rotatable bonds is 2. The number of hydrogen-bond acceptors (Lipinski definition) is 4. The van der Waals surface area contributed by atoms with Crippen molar-refractivity contribution < 1.29 is 9.90 Å². The van der Waals surface area contributed by atoms with E-state index in [1.807, 2.05) is 45.9 Å². The Bertz CT molecular complexity index is 958. The molecule has 1 aliphatic heterocycles. The Balaban J connectivity index is 1.97. The first kappa shape index (κ1) is 17.8. The number of nitrogens with one attached hydrogen (secondary N) is 2. The SMILES string of the molecule is CC1=C(O)C(C)=C(C)[C@](C)(NC(=O)c2sc3cc(C)ccc3c2Cl)N1. The van der Waals surface area contributed by atoms with Crippen LogP contribution in [-0.2, 0) is 0 Å². The van der Waals surface area contributed by atoms with Gasteiger partial charge in [-0.1, -0.05) is 23.7 Å². The number of aliphatic hydroxyl groups excluding tert-OH is 1. The number of aryl methyl sites for hydroxylation is 1. The molecule has 0 unspecified atom stereocenters. The first-order valence-electron chi connectivity index (χ1n) is 8.01. The minimum Gasteiger partial charge on any atom is -0.506 e. The molecule has 132 valence electrons. The van der Waals surface area contributed by atoms with Gasteiger partial charge in [0, 0.05) is 10.1 Å². The molecular weight excluding hydrogens is 356 g/mol. The maximum Gasteiger partial charge on any atom is 0.264 e. The topological polar surface area (TPSA) is 61.4 Å². The summed E-state index contributed by atoms with van der Waals surface area (Å²) in [7, 11) is 0. The molecule has 1 aliphatic rings. The quantitative estimate of drug-likeness (QED) is 0.688. The van der Waals surface area contributed by atoms with Crippen LogP contribution >= 0.6 is 22.9 Å². The van der Waals surface area contributed by atoms with E-state index in [0.717, 1.165) is 26.8 Å². The molecule has 3 rings (SSSR count). The molecular formula is C19H21ClN2O2S. The van der Waals surface area contributed by atoms with Gasteiger partial charge in [0.05, 0.1) is 10.7 Å². The van der Waals surface area contributed by atoms with Crippen LogP contribution in [0.15, 0.2) is 40.8 Å². The highest BCUT2D eigenvalue weighted by atomic mass is 35.5. The van der Waals surface area contributed by atoms with Crippen molar-refractivity contribution in [3.8, 4) is 0 Å². The van der Waals surface area contributed by atoms with Gasteiger partial charge in [-0.3, -0.25) is 4.79 Å². The molecule has 2 aromatic rings. The summed E-state index contributed by atoms with van der Waals surface area (Å²) >= 11 is 7.84. The third-order valence-electron chi connectivity index (χ3n) is 4.82. The lowest BCUT2D eigenvalue weighted by Gasteiger charge is -2.38. The lowest BCUT2D eigenvalue weighted by Crippen LogP contribution is -2.58. The van der Waals surface area contributed by atoms with E-state index in [1.54, 1.807) is 6.92 Å². The molecule has 6 heteroatoms. The van der Waals surface area contributed by atoms with Crippen LogP contribution in [0.25, 0.3) is 10.1 Å². The van der Waals surface area contributed by atoms with Gasteiger partial charge in [-0.25, -0.2) is 0 Å². The molecule has 1 aromatic carbocycles. The normalized spacial score (nSPS) is 20.9. The fourth-order valence-corrected chi connectivity index (χ4v) is 4.60. The third-order valence-corrected chi connectivity index (χ3v) is 6.47. The standard InChI is InChI=1S/C19H21ClN2O2S/c1-9-6-7-13-14(8-9)25-17(15(13)20)18(24)22-19(5)11(3)10(2)16(23)12(4)21-19/h6-8,21,23H,1-5H3,(H,22,24)/t19-/m0/s1. The minimum absolute atomic E-state index is 0.222. The first-order valence-corrected chi connectivity index (χ1v) is 9.21. The molecule has 0 spiro atoms. The average Bonchev–Trinajstić information content (AvgIpc) is 2.87. The fourth-order valence-electron chi connectivity index (χ4n) is 3.09. The zero-order valence-electron chi connectivity index (χ0n) is 14.9. The monoisotopic (exact) mass is 376 g/mol. The van der Waals surface area contributed by atoms with Gasteiger partial charge in [-0.05, 0) is 57.4 Å². The Morgan fingerprint density at radius 3 is 2.64 bits per heavy atom. The highest BCUT2D eigenvalue weighted by Crippen LogP contribution is 2.36. The third kappa shape index (κ3) is 2.92. The van der Waals surface area contributed by atoms with Crippen LogP contribution in [-0.4, -0.2) is 16.7 Å². The first-order chi connectivity index (χ1) is 11.6. The van der Waals surface area contributed by atoms with Gasteiger partial charge < -0.3 is 15.7 Å². The summed E-state index contributed by atoms with van der Waals surface area (Å²) < 4.78 is 0.995. The van der Waals surface area contributed by atoms with Gasteiger partial charge in [0.15, 0.2) is 0 Å². The van der Waals surface area contributed by atoms with Crippen molar-refractivity contribution in [3.05, 3.63) is 56.3 Å². The molecule has 0 saturated heterocycles. The molecule has 4 nitrogen and oxygen atoms in total. The second kappa shape index (κ2) is 6.07. The summed E-state index contributed by atoms with van der Waals surface area (Å²) in [6.45, 7) is 9.41. The van der Waals surface area contributed by atoms with Crippen LogP contribution in [0.3, 0.4) is 0 Å². The lowest BCUT2D eigenvalue weighted by molar-refractivity contribution is 0.0911. The molecule has 2 heterocycles. The molecule has 0 aliphatic carbocycles. The summed E-state index contributed by atoms with van der Waals surface area (Å²) in [6.07, 6.45) is 0. The molecule has 0 bridgehead atoms. The van der Waals surface area contributed by atoms with Crippen LogP contribution in [0.5, 0.6) is 0 Å². The highest BCUT2D eigenvalue weighted by molar-refractivity contribution is 7.21. The molecule has 1 amide bonds. The van der Waals surface area contributed by atoms with E-state index in [0.29, 0.717) is 15.6 Å². The van der Waals surface area contributed by atoms with Crippen LogP contribution < -0.4 is 10.6 Å². The van der Waals surface area contributed by atoms with E-state index >= 15 is 0 Å². The summed E-state index contributed by atoms with van der Waals surface area (Å²) in [6, 6.07) is 5.96. The van der Waals surface area contributed by atoms with E-state index in [1.165, 1.54) is 11.3 Å². The molecule has 3 N–H and O–H groups in total. The van der Waals surface area contributed by atoms with Crippen molar-refractivity contribution >= 4 is 38.9 Å². The predicted octanol–water partition coefficient (Wildman–Crippen LogP) is 5.04. The van der Waals surface area contributed by atoms with Gasteiger partial charge in [-0.15, -0.1) is 11.3 Å². The van der Waals surface area contributed by atoms with Gasteiger partial charge in [-0.2, -0.15) is 0 Å². The van der Waals surface area contributed by atoms with Crippen LogP contribution in [0.4, 0.5) is 0 Å². The second-order valence-electron chi connectivity index (χ2n) is 6.67. The Labute approximate surface area is 156 Å². The Hall–Kier alpha value is -1.98. The van der Waals surface area contributed by atoms with Gasteiger partial charge in [0.1, 0.15) is 16.3 Å². The Morgan fingerprint density at radius 1 is 1.28 bits per heavy atom. The van der Waals surface area contributed by atoms with Crippen molar-refractivity contribution in [2.45, 2.75) is 40.3 Å². The summed E-state index contributed by atoms with van der Waals surface area (Å²) in [4.78, 5) is 13.4. The van der Waals surface area contributed by atoms with E-state index < -0.39 is 5.66 Å². The van der Waals surface area contributed by atoms with Crippen LogP contribution in [0.1, 0.15) is 42.9 Å². The van der Waals surface area contributed by atoms with Crippen molar-refractivity contribution in [2.75, 3.05) is 0 Å². The smallest absolute Gasteiger partial charge is 0.264 e. The summed E-state index contributed by atoms with van der Waals surface area (Å²) in [5.74, 6) is -0.0141. The molecule has 0 radical (unpaired) electrons. The van der Waals surface area contributed by atoms with Crippen LogP contribution in [0, 0.1) is 6.92 Å². The predicted molar refractivity (Wildman–Crippen MR) is 104 cm³/mol. The minimum atomic E-state index is -0.785. The zero-order chi connectivity index (χ0) is 18.5. The van der Waals surface area contributed by atoms with E-state index in [2.05, 4.69) is 10.6 Å². The van der Waals surface area contributed by atoms with Gasteiger partial charge >= 0.3 is 0 Å². The Kier molecular flexibility index (Phi) is 4.33. The number of carbonyl (C=O) groups excluding carboxylic acids is 1. The van der Waals surface area contributed by atoms with Gasteiger partial charge in [0.25, 0.3) is 5.91 Å². The van der Waals surface area contributed by atoms with E-state index in [-0.39, 0.29) is 11.7 Å². The number of carbonyl (C=O) groups is 1. The number of halogens is 1. The fraction of sp³-hybridized carbons (Fsp3) is 0.316. The number of fused-ring (bicyclic) bond motifs is 1. The second-order valence-corrected chi connectivity index (χ2v) is 8.10. The maximum atomic E-state index is 12.9. The molecule has 0 saturated carbocycles. The van der Waals surface area contributed by atoms with Crippen molar-refractivity contribution in [3.63, 3.8) is 0 Å². The molecule has 1 atom stereocenters. The number of hydrogen-bond donors (Lipinski definition) is 3. The number of thiophene rings is 1. The zero-order valence-corrected chi connectivity index (χ0v) is 16.4. The molecule has 1 aromatic heterocycles. The molecule has 0 fully saturated rings. The number of aliphatic hydroxyl groups is 1. The van der Waals surface area contributed by atoms with E-state index in [4.69, 9.17) is 11.6 Å². The number of amides is 1. The van der Waals surface area contributed by atoms with Crippen molar-refractivity contribution in [1.82, 2.24) is 10.6 Å². The number of dihydropyridines is 1. The Morgan fingerprint density at radius 2 is 1.96 bits per heavy atom.